The van der Waals surface area contributed by atoms with E-state index in [4.69, 9.17) is 23.2 Å². The fourth-order valence-corrected chi connectivity index (χ4v) is 4.02. The number of ketones is 1. The zero-order valence-corrected chi connectivity index (χ0v) is 18.2. The quantitative estimate of drug-likeness (QED) is 0.281. The van der Waals surface area contributed by atoms with Crippen LogP contribution in [0.1, 0.15) is 26.4 Å². The number of benzene rings is 2. The Morgan fingerprint density at radius 3 is 2.35 bits per heavy atom. The SMILES string of the molecule is CN(C)C(=O)c1ccc(-c2cc(C(=O)c3c(Cl)ccc(F)c3Cl)n3ccccc23)cc1. The van der Waals surface area contributed by atoms with Crippen molar-refractivity contribution in [3.8, 4) is 11.1 Å². The van der Waals surface area contributed by atoms with Crippen LogP contribution in [0.4, 0.5) is 4.39 Å². The molecule has 156 valence electrons. The van der Waals surface area contributed by atoms with Gasteiger partial charge in [0.15, 0.2) is 0 Å². The summed E-state index contributed by atoms with van der Waals surface area (Å²) in [5.41, 5.74) is 3.18. The van der Waals surface area contributed by atoms with E-state index in [-0.39, 0.29) is 21.5 Å². The Bertz CT molecular complexity index is 1330. The molecule has 2 heterocycles. The number of halogens is 3. The highest BCUT2D eigenvalue weighted by Gasteiger charge is 2.24. The van der Waals surface area contributed by atoms with E-state index in [0.717, 1.165) is 22.7 Å². The molecule has 2 aromatic heterocycles. The number of carbonyl (C=O) groups excluding carboxylic acids is 2. The second kappa shape index (κ2) is 8.17. The summed E-state index contributed by atoms with van der Waals surface area (Å²) in [6.07, 6.45) is 1.75. The van der Waals surface area contributed by atoms with Gasteiger partial charge >= 0.3 is 0 Å². The first-order chi connectivity index (χ1) is 14.8. The number of carbonyl (C=O) groups is 2. The number of nitrogens with zero attached hydrogens (tertiary/aromatic N) is 2. The van der Waals surface area contributed by atoms with Gasteiger partial charge in [-0.2, -0.15) is 0 Å². The highest BCUT2D eigenvalue weighted by Crippen LogP contribution is 2.33. The molecule has 4 rings (SSSR count). The molecule has 1 amide bonds. The van der Waals surface area contributed by atoms with Gasteiger partial charge in [0.2, 0.25) is 5.78 Å². The van der Waals surface area contributed by atoms with Crippen LogP contribution >= 0.6 is 23.2 Å². The highest BCUT2D eigenvalue weighted by molar-refractivity contribution is 6.41. The number of amides is 1. The van der Waals surface area contributed by atoms with E-state index in [1.807, 2.05) is 24.3 Å². The summed E-state index contributed by atoms with van der Waals surface area (Å²) in [5.74, 6) is -1.29. The zero-order chi connectivity index (χ0) is 22.3. The molecule has 0 saturated heterocycles. The van der Waals surface area contributed by atoms with Crippen molar-refractivity contribution in [2.24, 2.45) is 0 Å². The maximum atomic E-state index is 14.0. The van der Waals surface area contributed by atoms with Crippen LogP contribution in [-0.4, -0.2) is 35.1 Å². The van der Waals surface area contributed by atoms with Crippen molar-refractivity contribution in [2.45, 2.75) is 0 Å². The van der Waals surface area contributed by atoms with Crippen LogP contribution in [0.15, 0.2) is 66.9 Å². The van der Waals surface area contributed by atoms with Crippen LogP contribution in [-0.2, 0) is 0 Å². The number of hydrogen-bond acceptors (Lipinski definition) is 2. The van der Waals surface area contributed by atoms with E-state index in [0.29, 0.717) is 11.3 Å². The van der Waals surface area contributed by atoms with E-state index in [2.05, 4.69) is 0 Å². The number of pyridine rings is 1. The minimum atomic E-state index is -0.711. The molecule has 0 aliphatic carbocycles. The van der Waals surface area contributed by atoms with Gasteiger partial charge in [-0.25, -0.2) is 4.39 Å². The largest absolute Gasteiger partial charge is 0.345 e. The summed E-state index contributed by atoms with van der Waals surface area (Å²) in [7, 11) is 3.39. The number of rotatable bonds is 4. The van der Waals surface area contributed by atoms with Gasteiger partial charge in [0.05, 0.1) is 26.8 Å². The van der Waals surface area contributed by atoms with E-state index >= 15 is 0 Å². The molecule has 0 atom stereocenters. The van der Waals surface area contributed by atoms with Gasteiger partial charge in [0.1, 0.15) is 5.82 Å². The molecule has 0 unspecified atom stereocenters. The maximum Gasteiger partial charge on any atom is 0.253 e. The first-order valence-electron chi connectivity index (χ1n) is 9.40. The van der Waals surface area contributed by atoms with Crippen molar-refractivity contribution in [2.75, 3.05) is 14.1 Å². The molecular formula is C24H17Cl2FN2O2. The Balaban J connectivity index is 1.85. The molecule has 31 heavy (non-hydrogen) atoms. The van der Waals surface area contributed by atoms with E-state index in [1.54, 1.807) is 49.0 Å². The first kappa shape index (κ1) is 21.1. The molecule has 0 saturated carbocycles. The molecule has 7 heteroatoms. The van der Waals surface area contributed by atoms with Crippen LogP contribution < -0.4 is 0 Å². The molecule has 4 aromatic rings. The molecule has 0 fully saturated rings. The van der Waals surface area contributed by atoms with Gasteiger partial charge in [-0.15, -0.1) is 0 Å². The van der Waals surface area contributed by atoms with Gasteiger partial charge in [-0.05, 0) is 48.0 Å². The Labute approximate surface area is 188 Å². The molecule has 0 bridgehead atoms. The number of fused-ring (bicyclic) bond motifs is 1. The summed E-state index contributed by atoms with van der Waals surface area (Å²) >= 11 is 12.2. The Hall–Kier alpha value is -3.15. The fraction of sp³-hybridized carbons (Fsp3) is 0.0833. The normalized spacial score (nSPS) is 11.0. The summed E-state index contributed by atoms with van der Waals surface area (Å²) in [5, 5.41) is -0.230. The highest BCUT2D eigenvalue weighted by atomic mass is 35.5. The summed E-state index contributed by atoms with van der Waals surface area (Å²) in [4.78, 5) is 27.0. The molecule has 0 N–H and O–H groups in total. The van der Waals surface area contributed by atoms with E-state index in [9.17, 15) is 14.0 Å². The van der Waals surface area contributed by atoms with Gasteiger partial charge in [-0.1, -0.05) is 41.4 Å². The monoisotopic (exact) mass is 454 g/mol. The predicted molar refractivity (Wildman–Crippen MR) is 121 cm³/mol. The van der Waals surface area contributed by atoms with Crippen LogP contribution in [0.2, 0.25) is 10.0 Å². The van der Waals surface area contributed by atoms with Crippen molar-refractivity contribution >= 4 is 40.4 Å². The Morgan fingerprint density at radius 1 is 0.968 bits per heavy atom. The lowest BCUT2D eigenvalue weighted by Crippen LogP contribution is -2.21. The van der Waals surface area contributed by atoms with Gasteiger partial charge in [0, 0.05) is 31.4 Å². The Kier molecular flexibility index (Phi) is 5.56. The van der Waals surface area contributed by atoms with Crippen molar-refractivity contribution < 1.29 is 14.0 Å². The number of aromatic nitrogens is 1. The third-order valence-electron chi connectivity index (χ3n) is 5.03. The van der Waals surface area contributed by atoms with E-state index in [1.165, 1.54) is 11.0 Å². The van der Waals surface area contributed by atoms with E-state index < -0.39 is 11.6 Å². The second-order valence-corrected chi connectivity index (χ2v) is 8.01. The topological polar surface area (TPSA) is 41.8 Å². The van der Waals surface area contributed by atoms with Crippen molar-refractivity contribution in [1.29, 1.82) is 0 Å². The third kappa shape index (κ3) is 3.71. The van der Waals surface area contributed by atoms with Crippen molar-refractivity contribution in [3.05, 3.63) is 99.5 Å². The summed E-state index contributed by atoms with van der Waals surface area (Å²) in [6, 6.07) is 16.8. The standard InChI is InChI=1S/C24H17Cl2FN2O2/c1-28(2)24(31)15-8-6-14(7-9-15)16-13-20(29-12-4-3-5-19(16)29)23(30)21-17(25)10-11-18(27)22(21)26/h3-13H,1-2H3. The van der Waals surface area contributed by atoms with Crippen LogP contribution in [0.3, 0.4) is 0 Å². The molecule has 2 aromatic carbocycles. The van der Waals surface area contributed by atoms with Crippen LogP contribution in [0.25, 0.3) is 16.6 Å². The minimum absolute atomic E-state index is 0.0786. The Morgan fingerprint density at radius 2 is 1.68 bits per heavy atom. The van der Waals surface area contributed by atoms with Crippen molar-refractivity contribution in [3.63, 3.8) is 0 Å². The second-order valence-electron chi connectivity index (χ2n) is 7.22. The van der Waals surface area contributed by atoms with Gasteiger partial charge < -0.3 is 9.30 Å². The van der Waals surface area contributed by atoms with Crippen molar-refractivity contribution in [1.82, 2.24) is 9.30 Å². The average molecular weight is 455 g/mol. The molecule has 0 aliphatic rings. The lowest BCUT2D eigenvalue weighted by atomic mass is 10.0. The lowest BCUT2D eigenvalue weighted by Gasteiger charge is -2.10. The number of hydrogen-bond donors (Lipinski definition) is 0. The summed E-state index contributed by atoms with van der Waals surface area (Å²) < 4.78 is 15.7. The third-order valence-corrected chi connectivity index (χ3v) is 5.71. The summed E-state index contributed by atoms with van der Waals surface area (Å²) in [6.45, 7) is 0. The molecule has 4 nitrogen and oxygen atoms in total. The molecule has 0 radical (unpaired) electrons. The fourth-order valence-electron chi connectivity index (χ4n) is 3.47. The zero-order valence-electron chi connectivity index (χ0n) is 16.7. The first-order valence-corrected chi connectivity index (χ1v) is 10.2. The van der Waals surface area contributed by atoms with Crippen LogP contribution in [0.5, 0.6) is 0 Å². The lowest BCUT2D eigenvalue weighted by molar-refractivity contribution is 0.0827. The predicted octanol–water partition coefficient (Wildman–Crippen LogP) is 5.99. The van der Waals surface area contributed by atoms with Gasteiger partial charge in [-0.3, -0.25) is 9.59 Å². The van der Waals surface area contributed by atoms with Gasteiger partial charge in [0.25, 0.3) is 5.91 Å². The van der Waals surface area contributed by atoms with Crippen LogP contribution in [0, 0.1) is 5.82 Å². The minimum Gasteiger partial charge on any atom is -0.345 e. The smallest absolute Gasteiger partial charge is 0.253 e. The molecule has 0 spiro atoms. The molecular weight excluding hydrogens is 438 g/mol. The average Bonchev–Trinajstić information content (AvgIpc) is 3.16. The molecule has 0 aliphatic heterocycles. The maximum absolute atomic E-state index is 14.0.